The molecule has 4 aromatic rings. The summed E-state index contributed by atoms with van der Waals surface area (Å²) in [7, 11) is -7.19. The second-order valence-electron chi connectivity index (χ2n) is 5.43. The summed E-state index contributed by atoms with van der Waals surface area (Å²) in [6.07, 6.45) is 6.05. The van der Waals surface area contributed by atoms with Crippen molar-refractivity contribution in [3.8, 4) is 23.5 Å². The summed E-state index contributed by atoms with van der Waals surface area (Å²) in [5.41, 5.74) is 0. The van der Waals surface area contributed by atoms with Gasteiger partial charge in [0, 0.05) is 49.1 Å². The van der Waals surface area contributed by atoms with E-state index in [4.69, 9.17) is 40.2 Å². The van der Waals surface area contributed by atoms with Gasteiger partial charge >= 0.3 is 48.1 Å². The Kier molecular flexibility index (Phi) is 17.9. The molecule has 0 radical (unpaired) electrons. The van der Waals surface area contributed by atoms with Gasteiger partial charge < -0.3 is 58.8 Å². The molecule has 0 spiro atoms. The topological polar surface area (TPSA) is 313 Å². The predicted molar refractivity (Wildman–Crippen MR) is 125 cm³/mol. The van der Waals surface area contributed by atoms with Crippen molar-refractivity contribution >= 4 is 48.1 Å². The first-order valence-electron chi connectivity index (χ1n) is 9.26. The van der Waals surface area contributed by atoms with Crippen LogP contribution in [0.1, 0.15) is 0 Å². The molecule has 0 amide bonds. The number of H-pyrrole nitrogens is 4. The maximum absolute atomic E-state index is 8.20. The first-order chi connectivity index (χ1) is 17.2. The SMILES string of the molecule is OB(O)Oc1cc[nH]n1.OB(O)Oc1cc[nH]n1.OB(O)Oc1cc[nH]n1.OB(O)Oc1cc[nH]n1.[LiH]. The van der Waals surface area contributed by atoms with Crippen LogP contribution in [0.2, 0.25) is 0 Å². The van der Waals surface area contributed by atoms with E-state index in [2.05, 4.69) is 59.4 Å². The molecule has 194 valence electrons. The first kappa shape index (κ1) is 33.6. The van der Waals surface area contributed by atoms with Crippen molar-refractivity contribution < 1.29 is 58.8 Å². The molecular weight excluding hydrogens is 498 g/mol. The summed E-state index contributed by atoms with van der Waals surface area (Å²) in [5, 5.41) is 89.3. The maximum atomic E-state index is 8.20. The van der Waals surface area contributed by atoms with Crippen molar-refractivity contribution in [2.24, 2.45) is 0 Å². The standard InChI is InChI=1S/4C3H5BN2O3.Li.H/c4*7-4(8)9-3-1-2-5-6-3;;/h4*1-2,7-8H,(H,5,6);;. The van der Waals surface area contributed by atoms with Gasteiger partial charge in [0.15, 0.2) is 0 Å². The molecule has 12 N–H and O–H groups in total. The van der Waals surface area contributed by atoms with Gasteiger partial charge in [0.05, 0.1) is 0 Å². The summed E-state index contributed by atoms with van der Waals surface area (Å²) < 4.78 is 17.3. The van der Waals surface area contributed by atoms with Crippen molar-refractivity contribution in [2.45, 2.75) is 0 Å². The third-order valence-corrected chi connectivity index (χ3v) is 2.81. The molecule has 0 bridgehead atoms. The fourth-order valence-corrected chi connectivity index (χ4v) is 1.68. The van der Waals surface area contributed by atoms with Gasteiger partial charge in [-0.05, 0) is 0 Å². The Morgan fingerprint density at radius 1 is 0.432 bits per heavy atom. The van der Waals surface area contributed by atoms with Gasteiger partial charge in [-0.15, -0.1) is 20.4 Å². The van der Waals surface area contributed by atoms with Crippen LogP contribution in [0.3, 0.4) is 0 Å². The van der Waals surface area contributed by atoms with Gasteiger partial charge in [-0.2, -0.15) is 0 Å². The molecule has 4 aromatic heterocycles. The quantitative estimate of drug-likeness (QED) is 0.0965. The molecule has 0 aromatic carbocycles. The van der Waals surface area contributed by atoms with Crippen LogP contribution in [-0.4, -0.2) is 129 Å². The number of aromatic nitrogens is 8. The van der Waals surface area contributed by atoms with Gasteiger partial charge in [0.25, 0.3) is 0 Å². The monoisotopic (exact) mass is 520 g/mol. The zero-order chi connectivity index (χ0) is 26.8. The molecule has 4 heterocycles. The Bertz CT molecular complexity index is 822. The Labute approximate surface area is 220 Å². The molecule has 25 heteroatoms. The molecule has 0 aliphatic heterocycles. The molecule has 0 aliphatic rings. The number of nitrogens with zero attached hydrogens (tertiary/aromatic N) is 4. The van der Waals surface area contributed by atoms with E-state index in [0.717, 1.165) is 0 Å². The third kappa shape index (κ3) is 18.5. The fourth-order valence-electron chi connectivity index (χ4n) is 1.68. The number of nitrogens with one attached hydrogen (secondary N) is 4. The number of hydrogen-bond donors (Lipinski definition) is 12. The zero-order valence-corrected chi connectivity index (χ0v) is 17.9. The van der Waals surface area contributed by atoms with Gasteiger partial charge in [-0.1, -0.05) is 0 Å². The Hall–Kier alpha value is -3.42. The van der Waals surface area contributed by atoms with Crippen molar-refractivity contribution in [3.05, 3.63) is 49.1 Å². The minimum atomic E-state index is -1.80. The van der Waals surface area contributed by atoms with Crippen LogP contribution in [-0.2, 0) is 0 Å². The zero-order valence-electron chi connectivity index (χ0n) is 17.9. The molecule has 0 saturated carbocycles. The number of hydrogen-bond acceptors (Lipinski definition) is 16. The van der Waals surface area contributed by atoms with E-state index >= 15 is 0 Å². The Morgan fingerprint density at radius 3 is 0.730 bits per heavy atom. The summed E-state index contributed by atoms with van der Waals surface area (Å²) in [6, 6.07) is 5.89. The molecule has 0 fully saturated rings. The van der Waals surface area contributed by atoms with E-state index in [9.17, 15) is 0 Å². The summed E-state index contributed by atoms with van der Waals surface area (Å²) in [5.74, 6) is 0.630. The van der Waals surface area contributed by atoms with Crippen molar-refractivity contribution in [2.75, 3.05) is 0 Å². The van der Waals surface area contributed by atoms with Crippen molar-refractivity contribution in [3.63, 3.8) is 0 Å². The van der Waals surface area contributed by atoms with Crippen LogP contribution in [0.25, 0.3) is 0 Å². The van der Waals surface area contributed by atoms with E-state index in [1.807, 2.05) is 0 Å². The third-order valence-electron chi connectivity index (χ3n) is 2.81. The van der Waals surface area contributed by atoms with Crippen LogP contribution >= 0.6 is 0 Å². The molecular formula is C12H21B4LiN8O12. The van der Waals surface area contributed by atoms with Gasteiger partial charge in [0.2, 0.25) is 23.5 Å². The summed E-state index contributed by atoms with van der Waals surface area (Å²) in [6.45, 7) is 0. The van der Waals surface area contributed by atoms with E-state index in [0.29, 0.717) is 0 Å². The Balaban J connectivity index is 0.000000463. The van der Waals surface area contributed by atoms with Crippen LogP contribution in [0.15, 0.2) is 49.1 Å². The van der Waals surface area contributed by atoms with Crippen LogP contribution in [0.4, 0.5) is 0 Å². The molecule has 0 atom stereocenters. The molecule has 0 aliphatic carbocycles. The van der Waals surface area contributed by atoms with E-state index < -0.39 is 29.3 Å². The molecule has 0 saturated heterocycles. The fraction of sp³-hybridized carbons (Fsp3) is 0. The normalized spacial score (nSPS) is 8.86. The summed E-state index contributed by atoms with van der Waals surface area (Å²) >= 11 is 0. The van der Waals surface area contributed by atoms with Crippen LogP contribution in [0.5, 0.6) is 23.5 Å². The average Bonchev–Trinajstić information content (AvgIpc) is 3.58. The second-order valence-corrected chi connectivity index (χ2v) is 5.43. The van der Waals surface area contributed by atoms with Crippen molar-refractivity contribution in [1.29, 1.82) is 0 Å². The average molecular weight is 520 g/mol. The van der Waals surface area contributed by atoms with Crippen molar-refractivity contribution in [1.82, 2.24) is 40.8 Å². The minimum absolute atomic E-state index is 0. The number of rotatable bonds is 8. The van der Waals surface area contributed by atoms with Gasteiger partial charge in [-0.25, -0.2) is 0 Å². The first-order valence-corrected chi connectivity index (χ1v) is 9.26. The molecule has 0 unspecified atom stereocenters. The Morgan fingerprint density at radius 2 is 0.622 bits per heavy atom. The van der Waals surface area contributed by atoms with Gasteiger partial charge in [0.1, 0.15) is 0 Å². The summed E-state index contributed by atoms with van der Waals surface area (Å²) in [4.78, 5) is 0. The molecule has 20 nitrogen and oxygen atoms in total. The van der Waals surface area contributed by atoms with E-state index in [1.54, 1.807) is 0 Å². The van der Waals surface area contributed by atoms with E-state index in [-0.39, 0.29) is 42.4 Å². The predicted octanol–water partition coefficient (Wildman–Crippen LogP) is -5.62. The van der Waals surface area contributed by atoms with Gasteiger partial charge in [-0.3, -0.25) is 20.4 Å². The molecule has 4 rings (SSSR count). The molecule has 37 heavy (non-hydrogen) atoms. The van der Waals surface area contributed by atoms with E-state index in [1.165, 1.54) is 49.1 Å². The van der Waals surface area contributed by atoms with Crippen LogP contribution < -0.4 is 18.6 Å². The second kappa shape index (κ2) is 19.7. The van der Waals surface area contributed by atoms with Crippen LogP contribution in [0, 0.1) is 0 Å². The number of aromatic amines is 4.